The molecule has 2 aliphatic rings. The molecule has 1 fully saturated rings. The minimum absolute atomic E-state index is 0.228. The van der Waals surface area contributed by atoms with Gasteiger partial charge < -0.3 is 10.3 Å². The summed E-state index contributed by atoms with van der Waals surface area (Å²) in [6.45, 7) is 8.80. The summed E-state index contributed by atoms with van der Waals surface area (Å²) < 4.78 is 0. The van der Waals surface area contributed by atoms with E-state index < -0.39 is 0 Å². The summed E-state index contributed by atoms with van der Waals surface area (Å²) in [5.41, 5.74) is 8.46. The third-order valence-corrected chi connectivity index (χ3v) is 6.84. The molecular formula is C26H30N2O. The van der Waals surface area contributed by atoms with Crippen molar-refractivity contribution < 1.29 is 4.79 Å². The van der Waals surface area contributed by atoms with E-state index in [1.54, 1.807) is 6.08 Å². The highest BCUT2D eigenvalue weighted by Gasteiger charge is 2.35. The Morgan fingerprint density at radius 2 is 1.83 bits per heavy atom. The van der Waals surface area contributed by atoms with Gasteiger partial charge in [-0.2, -0.15) is 0 Å². The van der Waals surface area contributed by atoms with Crippen LogP contribution in [-0.2, 0) is 13.0 Å². The Morgan fingerprint density at radius 3 is 2.48 bits per heavy atom. The van der Waals surface area contributed by atoms with Gasteiger partial charge in [0.2, 0.25) is 0 Å². The number of fused-ring (bicyclic) bond motifs is 1. The van der Waals surface area contributed by atoms with Crippen LogP contribution in [0.15, 0.2) is 43.0 Å². The van der Waals surface area contributed by atoms with Crippen molar-refractivity contribution in [1.82, 2.24) is 4.90 Å². The first-order chi connectivity index (χ1) is 14.0. The Hall–Kier alpha value is -2.68. The maximum atomic E-state index is 13.2. The van der Waals surface area contributed by atoms with Crippen molar-refractivity contribution in [3.05, 3.63) is 81.9 Å². The Labute approximate surface area is 174 Å². The van der Waals surface area contributed by atoms with E-state index in [9.17, 15) is 4.79 Å². The molecule has 0 radical (unpaired) electrons. The van der Waals surface area contributed by atoms with Gasteiger partial charge in [0.05, 0.1) is 5.71 Å². The minimum atomic E-state index is 0.228. The van der Waals surface area contributed by atoms with Crippen LogP contribution in [0.25, 0.3) is 0 Å². The largest absolute Gasteiger partial charge is 0.331 e. The zero-order valence-electron chi connectivity index (χ0n) is 17.6. The van der Waals surface area contributed by atoms with Gasteiger partial charge in [-0.15, -0.1) is 0 Å². The average molecular weight is 387 g/mol. The molecule has 0 saturated heterocycles. The molecule has 0 atom stereocenters. The first kappa shape index (κ1) is 19.6. The molecule has 2 aromatic carbocycles. The fourth-order valence-electron chi connectivity index (χ4n) is 4.84. The van der Waals surface area contributed by atoms with Crippen molar-refractivity contribution in [3.8, 4) is 0 Å². The number of carbonyl (C=O) groups is 1. The van der Waals surface area contributed by atoms with E-state index in [1.165, 1.54) is 47.1 Å². The number of carbonyl (C=O) groups excluding carboxylic acids is 1. The number of nitrogens with zero attached hydrogens (tertiary/aromatic N) is 1. The molecule has 150 valence electrons. The van der Waals surface area contributed by atoms with Crippen molar-refractivity contribution in [3.63, 3.8) is 0 Å². The van der Waals surface area contributed by atoms with Crippen LogP contribution in [0.4, 0.5) is 0 Å². The van der Waals surface area contributed by atoms with Gasteiger partial charge in [-0.05, 0) is 78.6 Å². The van der Waals surface area contributed by atoms with Gasteiger partial charge in [-0.3, -0.25) is 4.79 Å². The molecule has 0 unspecified atom stereocenters. The van der Waals surface area contributed by atoms with E-state index >= 15 is 0 Å². The zero-order valence-corrected chi connectivity index (χ0v) is 17.6. The molecule has 1 heterocycles. The van der Waals surface area contributed by atoms with E-state index in [0.717, 1.165) is 36.9 Å². The fourth-order valence-corrected chi connectivity index (χ4v) is 4.84. The number of hydrogen-bond acceptors (Lipinski definition) is 2. The summed E-state index contributed by atoms with van der Waals surface area (Å²) >= 11 is 0. The smallest absolute Gasteiger partial charge is 0.254 e. The van der Waals surface area contributed by atoms with Crippen LogP contribution in [-0.4, -0.2) is 22.6 Å². The van der Waals surface area contributed by atoms with Crippen LogP contribution in [0, 0.1) is 19.3 Å². The summed E-state index contributed by atoms with van der Waals surface area (Å²) in [7, 11) is 0. The molecule has 1 amide bonds. The maximum Gasteiger partial charge on any atom is 0.254 e. The van der Waals surface area contributed by atoms with Gasteiger partial charge >= 0.3 is 0 Å². The van der Waals surface area contributed by atoms with Gasteiger partial charge in [-0.1, -0.05) is 50.1 Å². The highest BCUT2D eigenvalue weighted by molar-refractivity contribution is 6.06. The van der Waals surface area contributed by atoms with Crippen molar-refractivity contribution in [1.29, 1.82) is 5.41 Å². The van der Waals surface area contributed by atoms with Crippen molar-refractivity contribution in [2.45, 2.75) is 65.0 Å². The zero-order chi connectivity index (χ0) is 20.5. The monoisotopic (exact) mass is 386 g/mol. The number of hydrogen-bond donors (Lipinski definition) is 1. The van der Waals surface area contributed by atoms with Gasteiger partial charge in [0, 0.05) is 18.2 Å². The standard InChI is InChI=1S/C26H30N2O/c1-4-25(27)20-12-10-19(11-13-20)14-21-15-23-24(18(3)17(21)2)16-28(26(23)29)22-8-6-5-7-9-22/h4,10-13,15,22,27H,1,5-9,14,16H2,2-3H3. The lowest BCUT2D eigenvalue weighted by molar-refractivity contribution is 0.0660. The lowest BCUT2D eigenvalue weighted by Gasteiger charge is -2.30. The number of allylic oxidation sites excluding steroid dienone is 1. The molecular weight excluding hydrogens is 356 g/mol. The molecule has 29 heavy (non-hydrogen) atoms. The number of amides is 1. The average Bonchev–Trinajstić information content (AvgIpc) is 3.09. The summed E-state index contributed by atoms with van der Waals surface area (Å²) in [4.78, 5) is 15.3. The maximum absolute atomic E-state index is 13.2. The highest BCUT2D eigenvalue weighted by Crippen LogP contribution is 2.35. The molecule has 1 N–H and O–H groups in total. The summed E-state index contributed by atoms with van der Waals surface area (Å²) in [5.74, 6) is 0.228. The van der Waals surface area contributed by atoms with E-state index in [0.29, 0.717) is 11.8 Å². The third kappa shape index (κ3) is 3.66. The van der Waals surface area contributed by atoms with Crippen LogP contribution >= 0.6 is 0 Å². The molecule has 0 bridgehead atoms. The molecule has 1 aliphatic carbocycles. The highest BCUT2D eigenvalue weighted by atomic mass is 16.2. The van der Waals surface area contributed by atoms with Gasteiger partial charge in [0.15, 0.2) is 0 Å². The predicted octanol–water partition coefficient (Wildman–Crippen LogP) is 5.74. The second-order valence-electron chi connectivity index (χ2n) is 8.53. The first-order valence-electron chi connectivity index (χ1n) is 10.7. The Kier molecular flexibility index (Phi) is 5.40. The van der Waals surface area contributed by atoms with Crippen molar-refractivity contribution in [2.24, 2.45) is 0 Å². The molecule has 0 aromatic heterocycles. The molecule has 1 aliphatic heterocycles. The van der Waals surface area contributed by atoms with E-state index in [4.69, 9.17) is 5.41 Å². The first-order valence-corrected chi connectivity index (χ1v) is 10.7. The quantitative estimate of drug-likeness (QED) is 0.655. The molecule has 3 nitrogen and oxygen atoms in total. The SMILES string of the molecule is C=CC(=N)c1ccc(Cc2cc3c(c(C)c2C)CN(C2CCCCC2)C3=O)cc1. The van der Waals surface area contributed by atoms with Gasteiger partial charge in [-0.25, -0.2) is 0 Å². The second kappa shape index (κ2) is 7.98. The van der Waals surface area contributed by atoms with Gasteiger partial charge in [0.1, 0.15) is 0 Å². The lowest BCUT2D eigenvalue weighted by atomic mass is 9.91. The topological polar surface area (TPSA) is 44.2 Å². The normalized spacial score (nSPS) is 16.8. The lowest BCUT2D eigenvalue weighted by Crippen LogP contribution is -2.36. The predicted molar refractivity (Wildman–Crippen MR) is 119 cm³/mol. The van der Waals surface area contributed by atoms with Crippen molar-refractivity contribution >= 4 is 11.6 Å². The number of nitrogens with one attached hydrogen (secondary N) is 1. The van der Waals surface area contributed by atoms with E-state index in [1.807, 2.05) is 12.1 Å². The van der Waals surface area contributed by atoms with E-state index in [-0.39, 0.29) is 5.91 Å². The summed E-state index contributed by atoms with van der Waals surface area (Å²) in [6, 6.07) is 10.7. The van der Waals surface area contributed by atoms with Crippen LogP contribution in [0.3, 0.4) is 0 Å². The Morgan fingerprint density at radius 1 is 1.14 bits per heavy atom. The Balaban J connectivity index is 1.60. The third-order valence-electron chi connectivity index (χ3n) is 6.84. The second-order valence-corrected chi connectivity index (χ2v) is 8.53. The number of benzene rings is 2. The summed E-state index contributed by atoms with van der Waals surface area (Å²) in [5, 5.41) is 7.88. The van der Waals surface area contributed by atoms with Crippen LogP contribution in [0.1, 0.15) is 75.8 Å². The summed E-state index contributed by atoms with van der Waals surface area (Å²) in [6.07, 6.45) is 8.46. The van der Waals surface area contributed by atoms with E-state index in [2.05, 4.69) is 43.5 Å². The number of rotatable bonds is 5. The fraction of sp³-hybridized carbons (Fsp3) is 0.385. The molecule has 1 saturated carbocycles. The Bertz CT molecular complexity index is 965. The molecule has 4 rings (SSSR count). The molecule has 2 aromatic rings. The molecule has 0 spiro atoms. The van der Waals surface area contributed by atoms with Gasteiger partial charge in [0.25, 0.3) is 5.91 Å². The van der Waals surface area contributed by atoms with Crippen LogP contribution in [0.2, 0.25) is 0 Å². The van der Waals surface area contributed by atoms with Crippen LogP contribution in [0.5, 0.6) is 0 Å². The van der Waals surface area contributed by atoms with Crippen LogP contribution < -0.4 is 0 Å². The molecule has 3 heteroatoms. The van der Waals surface area contributed by atoms with Crippen molar-refractivity contribution in [2.75, 3.05) is 0 Å². The minimum Gasteiger partial charge on any atom is -0.331 e.